The predicted molar refractivity (Wildman–Crippen MR) is 114 cm³/mol. The van der Waals surface area contributed by atoms with Gasteiger partial charge in [0.25, 0.3) is 0 Å². The number of piperidine rings is 1. The minimum Gasteiger partial charge on any atom is -0.494 e. The molecule has 6 heteroatoms. The Bertz CT molecular complexity index is 820. The molecule has 2 fully saturated rings. The SMILES string of the molecule is CCOc1cccc(CN2CC[C@]3(CNSN3c3cccc(F)c3)C[C@@H]2C)c1. The van der Waals surface area contributed by atoms with Crippen molar-refractivity contribution in [3.05, 3.63) is 59.9 Å². The van der Waals surface area contributed by atoms with Crippen LogP contribution in [0.1, 0.15) is 32.3 Å². The molecular formula is C22H28FN3OS. The fourth-order valence-corrected chi connectivity index (χ4v) is 5.50. The minimum absolute atomic E-state index is 0.0293. The van der Waals surface area contributed by atoms with Crippen LogP contribution in [0, 0.1) is 5.82 Å². The van der Waals surface area contributed by atoms with Gasteiger partial charge >= 0.3 is 0 Å². The molecular weight excluding hydrogens is 373 g/mol. The van der Waals surface area contributed by atoms with E-state index in [0.29, 0.717) is 12.6 Å². The van der Waals surface area contributed by atoms with E-state index in [1.165, 1.54) is 11.6 Å². The lowest BCUT2D eigenvalue weighted by atomic mass is 9.83. The molecule has 2 aromatic rings. The van der Waals surface area contributed by atoms with Gasteiger partial charge in [0.15, 0.2) is 0 Å². The van der Waals surface area contributed by atoms with Gasteiger partial charge in [-0.05, 0) is 62.6 Å². The second kappa shape index (κ2) is 8.31. The van der Waals surface area contributed by atoms with Crippen molar-refractivity contribution in [2.45, 2.75) is 44.8 Å². The van der Waals surface area contributed by atoms with Crippen molar-refractivity contribution in [2.75, 3.05) is 24.0 Å². The second-order valence-corrected chi connectivity index (χ2v) is 8.60. The maximum absolute atomic E-state index is 13.8. The first kappa shape index (κ1) is 19.6. The van der Waals surface area contributed by atoms with Crippen LogP contribution >= 0.6 is 12.1 Å². The molecule has 0 saturated carbocycles. The average molecular weight is 402 g/mol. The first-order valence-corrected chi connectivity index (χ1v) is 10.8. The third-order valence-corrected chi connectivity index (χ3v) is 6.84. The summed E-state index contributed by atoms with van der Waals surface area (Å²) in [6, 6.07) is 15.8. The van der Waals surface area contributed by atoms with Crippen LogP contribution < -0.4 is 13.8 Å². The molecule has 0 aliphatic carbocycles. The Hall–Kier alpha value is -1.76. The van der Waals surface area contributed by atoms with E-state index in [1.807, 2.05) is 19.1 Å². The number of nitrogens with one attached hydrogen (secondary N) is 1. The molecule has 2 heterocycles. The molecule has 150 valence electrons. The van der Waals surface area contributed by atoms with Crippen LogP contribution in [0.15, 0.2) is 48.5 Å². The van der Waals surface area contributed by atoms with Crippen LogP contribution in [0.2, 0.25) is 0 Å². The predicted octanol–water partition coefficient (Wildman–Crippen LogP) is 4.62. The summed E-state index contributed by atoms with van der Waals surface area (Å²) < 4.78 is 25.1. The Morgan fingerprint density at radius 1 is 1.25 bits per heavy atom. The number of hydrogen-bond donors (Lipinski definition) is 1. The summed E-state index contributed by atoms with van der Waals surface area (Å²) >= 11 is 1.61. The highest BCUT2D eigenvalue weighted by molar-refractivity contribution is 7.99. The smallest absolute Gasteiger partial charge is 0.125 e. The number of nitrogens with zero attached hydrogens (tertiary/aromatic N) is 2. The monoisotopic (exact) mass is 401 g/mol. The van der Waals surface area contributed by atoms with Gasteiger partial charge in [0.05, 0.1) is 17.8 Å². The molecule has 0 radical (unpaired) electrons. The Morgan fingerprint density at radius 2 is 2.11 bits per heavy atom. The summed E-state index contributed by atoms with van der Waals surface area (Å²) in [6.07, 6.45) is 2.10. The van der Waals surface area contributed by atoms with Crippen LogP contribution in [0.3, 0.4) is 0 Å². The molecule has 1 N–H and O–H groups in total. The Balaban J connectivity index is 1.46. The van der Waals surface area contributed by atoms with Crippen LogP contribution in [0.25, 0.3) is 0 Å². The highest BCUT2D eigenvalue weighted by Crippen LogP contribution is 2.43. The van der Waals surface area contributed by atoms with Crippen molar-refractivity contribution < 1.29 is 9.13 Å². The Morgan fingerprint density at radius 3 is 2.89 bits per heavy atom. The lowest BCUT2D eigenvalue weighted by Gasteiger charge is -2.47. The summed E-state index contributed by atoms with van der Waals surface area (Å²) in [5.41, 5.74) is 2.26. The quantitative estimate of drug-likeness (QED) is 0.738. The normalized spacial score (nSPS) is 25.4. The number of hydrogen-bond acceptors (Lipinski definition) is 5. The lowest BCUT2D eigenvalue weighted by molar-refractivity contribution is 0.106. The first-order chi connectivity index (χ1) is 13.6. The molecule has 0 amide bonds. The lowest BCUT2D eigenvalue weighted by Crippen LogP contribution is -2.56. The number of anilines is 1. The molecule has 2 saturated heterocycles. The summed E-state index contributed by atoms with van der Waals surface area (Å²) in [6.45, 7) is 7.88. The van der Waals surface area contributed by atoms with Crippen LogP contribution in [-0.4, -0.2) is 36.2 Å². The van der Waals surface area contributed by atoms with Crippen molar-refractivity contribution in [2.24, 2.45) is 0 Å². The number of rotatable bonds is 5. The number of benzene rings is 2. The third-order valence-electron chi connectivity index (χ3n) is 5.79. The Labute approximate surface area is 171 Å². The van der Waals surface area contributed by atoms with Crippen LogP contribution in [-0.2, 0) is 6.54 Å². The molecule has 28 heavy (non-hydrogen) atoms. The zero-order valence-corrected chi connectivity index (χ0v) is 17.3. The third kappa shape index (κ3) is 4.00. The largest absolute Gasteiger partial charge is 0.494 e. The second-order valence-electron chi connectivity index (χ2n) is 7.77. The van der Waals surface area contributed by atoms with Crippen molar-refractivity contribution in [1.29, 1.82) is 0 Å². The topological polar surface area (TPSA) is 27.7 Å². The molecule has 4 nitrogen and oxygen atoms in total. The fraction of sp³-hybridized carbons (Fsp3) is 0.455. The van der Waals surface area contributed by atoms with Gasteiger partial charge in [0.2, 0.25) is 0 Å². The van der Waals surface area contributed by atoms with Gasteiger partial charge in [0, 0.05) is 37.8 Å². The van der Waals surface area contributed by atoms with Crippen LogP contribution in [0.4, 0.5) is 10.1 Å². The minimum atomic E-state index is -0.181. The average Bonchev–Trinajstić information content (AvgIpc) is 3.08. The van der Waals surface area contributed by atoms with E-state index in [2.05, 4.69) is 39.1 Å². The van der Waals surface area contributed by atoms with E-state index in [0.717, 1.165) is 43.9 Å². The molecule has 0 bridgehead atoms. The van der Waals surface area contributed by atoms with Gasteiger partial charge in [-0.2, -0.15) is 0 Å². The van der Waals surface area contributed by atoms with E-state index in [4.69, 9.17) is 4.74 Å². The Kier molecular flexibility index (Phi) is 5.80. The van der Waals surface area contributed by atoms with Crippen molar-refractivity contribution in [1.82, 2.24) is 9.62 Å². The van der Waals surface area contributed by atoms with Crippen molar-refractivity contribution >= 4 is 17.8 Å². The molecule has 2 atom stereocenters. The number of ether oxygens (including phenoxy) is 1. The molecule has 1 spiro atoms. The maximum Gasteiger partial charge on any atom is 0.125 e. The van der Waals surface area contributed by atoms with E-state index < -0.39 is 0 Å². The van der Waals surface area contributed by atoms with E-state index in [9.17, 15) is 4.39 Å². The van der Waals surface area contributed by atoms with Gasteiger partial charge in [-0.25, -0.2) is 9.11 Å². The molecule has 4 rings (SSSR count). The molecule has 2 aliphatic heterocycles. The van der Waals surface area contributed by atoms with Crippen LogP contribution in [0.5, 0.6) is 5.75 Å². The van der Waals surface area contributed by atoms with Gasteiger partial charge in [-0.15, -0.1) is 0 Å². The van der Waals surface area contributed by atoms with Gasteiger partial charge in [-0.3, -0.25) is 9.21 Å². The molecule has 0 aromatic heterocycles. The summed E-state index contributed by atoms with van der Waals surface area (Å²) in [4.78, 5) is 2.54. The fourth-order valence-electron chi connectivity index (χ4n) is 4.40. The highest BCUT2D eigenvalue weighted by Gasteiger charge is 2.46. The van der Waals surface area contributed by atoms with Gasteiger partial charge in [0.1, 0.15) is 11.6 Å². The zero-order chi connectivity index (χ0) is 19.6. The highest BCUT2D eigenvalue weighted by atomic mass is 32.2. The summed E-state index contributed by atoms with van der Waals surface area (Å²) in [5.74, 6) is 0.759. The zero-order valence-electron chi connectivity index (χ0n) is 16.5. The van der Waals surface area contributed by atoms with E-state index in [1.54, 1.807) is 24.3 Å². The van der Waals surface area contributed by atoms with Gasteiger partial charge in [-0.1, -0.05) is 18.2 Å². The van der Waals surface area contributed by atoms with Crippen molar-refractivity contribution in [3.8, 4) is 5.75 Å². The first-order valence-electron chi connectivity index (χ1n) is 10.0. The summed E-state index contributed by atoms with van der Waals surface area (Å²) in [5, 5.41) is 0. The summed E-state index contributed by atoms with van der Waals surface area (Å²) in [7, 11) is 0. The van der Waals surface area contributed by atoms with Gasteiger partial charge < -0.3 is 4.74 Å². The number of likely N-dealkylation sites (tertiary alicyclic amines) is 1. The number of halogens is 1. The van der Waals surface area contributed by atoms with Crippen molar-refractivity contribution in [3.63, 3.8) is 0 Å². The van der Waals surface area contributed by atoms with E-state index >= 15 is 0 Å². The van der Waals surface area contributed by atoms with E-state index in [-0.39, 0.29) is 11.4 Å². The maximum atomic E-state index is 13.8. The standard InChI is InChI=1S/C22H28FN3OS/c1-3-27-21-9-4-6-18(12-21)15-25-11-10-22(14-17(25)2)16-24-28-26(22)20-8-5-7-19(23)13-20/h4-9,12-13,17,24H,3,10-11,14-16H2,1-2H3/t17-,22+/m0/s1. The molecule has 2 aliphatic rings. The molecule has 2 aromatic carbocycles. The molecule has 0 unspecified atom stereocenters.